The van der Waals surface area contributed by atoms with Gasteiger partial charge in [-0.25, -0.2) is 4.79 Å². The van der Waals surface area contributed by atoms with Gasteiger partial charge in [0.1, 0.15) is 5.75 Å². The Kier molecular flexibility index (Phi) is 3.22. The van der Waals surface area contributed by atoms with Gasteiger partial charge in [-0.15, -0.1) is 23.1 Å². The zero-order chi connectivity index (χ0) is 10.0. The van der Waals surface area contributed by atoms with E-state index in [1.807, 2.05) is 13.2 Å². The van der Waals surface area contributed by atoms with E-state index in [9.17, 15) is 4.79 Å². The second-order valence-electron chi connectivity index (χ2n) is 2.39. The zero-order valence-corrected chi connectivity index (χ0v) is 9.21. The fourth-order valence-electron chi connectivity index (χ4n) is 1.06. The average Bonchev–Trinajstić information content (AvgIpc) is 2.42. The van der Waals surface area contributed by atoms with Crippen LogP contribution >= 0.6 is 23.1 Å². The van der Waals surface area contributed by atoms with Crippen molar-refractivity contribution in [2.45, 2.75) is 11.1 Å². The first kappa shape index (κ1) is 10.4. The fraction of sp³-hybridized carbons (Fsp3) is 0.375. The molecule has 0 aliphatic heterocycles. The molecule has 0 aromatic carbocycles. The lowest BCUT2D eigenvalue weighted by molar-refractivity contribution is 0.0699. The van der Waals surface area contributed by atoms with Crippen molar-refractivity contribution in [1.82, 2.24) is 0 Å². The number of hydrogen-bond donors (Lipinski definition) is 1. The molecule has 0 saturated heterocycles. The summed E-state index contributed by atoms with van der Waals surface area (Å²) in [4.78, 5) is 11.1. The Bertz CT molecular complexity index is 330. The van der Waals surface area contributed by atoms with Gasteiger partial charge in [0.25, 0.3) is 0 Å². The molecule has 1 rings (SSSR count). The third-order valence-corrected chi connectivity index (χ3v) is 4.11. The summed E-state index contributed by atoms with van der Waals surface area (Å²) in [5, 5.41) is 8.85. The third-order valence-electron chi connectivity index (χ3n) is 1.63. The maximum Gasteiger partial charge on any atom is 0.349 e. The van der Waals surface area contributed by atoms with Crippen LogP contribution in [0.4, 0.5) is 0 Å². The molecule has 0 spiro atoms. The molecule has 3 nitrogen and oxygen atoms in total. The van der Waals surface area contributed by atoms with Gasteiger partial charge in [0.05, 0.1) is 11.3 Å². The van der Waals surface area contributed by atoms with Crippen LogP contribution in [0.5, 0.6) is 5.75 Å². The Hall–Kier alpha value is -0.680. The van der Waals surface area contributed by atoms with Crippen molar-refractivity contribution in [3.8, 4) is 5.75 Å². The Morgan fingerprint density at radius 3 is 2.54 bits per heavy atom. The Morgan fingerprint density at radius 2 is 2.23 bits per heavy atom. The van der Waals surface area contributed by atoms with Gasteiger partial charge in [0, 0.05) is 5.56 Å². The van der Waals surface area contributed by atoms with Gasteiger partial charge in [-0.1, -0.05) is 0 Å². The van der Waals surface area contributed by atoms with Crippen molar-refractivity contribution in [3.63, 3.8) is 0 Å². The Labute approximate surface area is 84.7 Å². The van der Waals surface area contributed by atoms with Gasteiger partial charge in [0.15, 0.2) is 4.88 Å². The summed E-state index contributed by atoms with van der Waals surface area (Å²) in [5.41, 5.74) is 0.914. The van der Waals surface area contributed by atoms with Gasteiger partial charge in [-0.3, -0.25) is 0 Å². The van der Waals surface area contributed by atoms with Crippen LogP contribution in [0.2, 0.25) is 0 Å². The van der Waals surface area contributed by atoms with Crippen molar-refractivity contribution in [3.05, 3.63) is 10.4 Å². The Balaban J connectivity index is 3.27. The molecule has 0 atom stereocenters. The first-order valence-electron chi connectivity index (χ1n) is 3.56. The van der Waals surface area contributed by atoms with Crippen LogP contribution in [0.25, 0.3) is 0 Å². The van der Waals surface area contributed by atoms with E-state index in [-0.39, 0.29) is 4.88 Å². The number of rotatable bonds is 3. The van der Waals surface area contributed by atoms with Crippen LogP contribution in [-0.4, -0.2) is 24.4 Å². The van der Waals surface area contributed by atoms with E-state index in [0.29, 0.717) is 5.75 Å². The number of thioether (sulfide) groups is 1. The molecule has 0 saturated carbocycles. The number of carbonyl (C=O) groups is 1. The monoisotopic (exact) mass is 218 g/mol. The van der Waals surface area contributed by atoms with Crippen LogP contribution in [-0.2, 0) is 0 Å². The molecule has 0 aliphatic carbocycles. The Morgan fingerprint density at radius 1 is 1.62 bits per heavy atom. The fourth-order valence-corrected chi connectivity index (χ4v) is 2.89. The van der Waals surface area contributed by atoms with Gasteiger partial charge < -0.3 is 9.84 Å². The summed E-state index contributed by atoms with van der Waals surface area (Å²) in [5.74, 6) is -0.438. The largest absolute Gasteiger partial charge is 0.495 e. The second kappa shape index (κ2) is 4.02. The van der Waals surface area contributed by atoms with E-state index in [1.54, 1.807) is 0 Å². The van der Waals surface area contributed by atoms with Gasteiger partial charge in [-0.05, 0) is 13.2 Å². The van der Waals surface area contributed by atoms with Crippen molar-refractivity contribution in [2.24, 2.45) is 0 Å². The minimum Gasteiger partial charge on any atom is -0.495 e. The molecule has 0 fully saturated rings. The minimum atomic E-state index is -0.926. The third kappa shape index (κ3) is 1.81. The first-order valence-corrected chi connectivity index (χ1v) is 5.60. The highest BCUT2D eigenvalue weighted by Crippen LogP contribution is 2.39. The van der Waals surface area contributed by atoms with Crippen LogP contribution in [0.15, 0.2) is 4.21 Å². The molecule has 0 bridgehead atoms. The summed E-state index contributed by atoms with van der Waals surface area (Å²) < 4.78 is 6.03. The highest BCUT2D eigenvalue weighted by atomic mass is 32.2. The lowest BCUT2D eigenvalue weighted by Gasteiger charge is -1.99. The first-order chi connectivity index (χ1) is 6.11. The van der Waals surface area contributed by atoms with E-state index in [0.717, 1.165) is 9.77 Å². The smallest absolute Gasteiger partial charge is 0.349 e. The van der Waals surface area contributed by atoms with E-state index in [2.05, 4.69) is 0 Å². The number of carboxylic acid groups (broad SMARTS) is 1. The molecule has 1 heterocycles. The summed E-state index contributed by atoms with van der Waals surface area (Å²) in [6, 6.07) is 0. The minimum absolute atomic E-state index is 0.282. The topological polar surface area (TPSA) is 46.5 Å². The highest BCUT2D eigenvalue weighted by Gasteiger charge is 2.19. The normalized spacial score (nSPS) is 10.1. The molecule has 0 amide bonds. The highest BCUT2D eigenvalue weighted by molar-refractivity contribution is 8.00. The predicted molar refractivity (Wildman–Crippen MR) is 54.3 cm³/mol. The van der Waals surface area contributed by atoms with Crippen molar-refractivity contribution in [2.75, 3.05) is 13.4 Å². The van der Waals surface area contributed by atoms with Crippen molar-refractivity contribution in [1.29, 1.82) is 0 Å². The average molecular weight is 218 g/mol. The lowest BCUT2D eigenvalue weighted by Crippen LogP contribution is -1.96. The molecule has 1 aromatic rings. The lowest BCUT2D eigenvalue weighted by atomic mass is 10.3. The van der Waals surface area contributed by atoms with Crippen molar-refractivity contribution < 1.29 is 14.6 Å². The standard InChI is InChI=1S/C8H10O3S2/c1-4-5(11-2)6(7(9)10)13-8(4)12-3/h1-3H3,(H,9,10). The summed E-state index contributed by atoms with van der Waals surface area (Å²) in [6.45, 7) is 1.87. The molecular formula is C8H10O3S2. The maximum absolute atomic E-state index is 10.8. The van der Waals surface area contributed by atoms with E-state index >= 15 is 0 Å². The molecule has 0 radical (unpaired) electrons. The molecule has 5 heteroatoms. The number of methoxy groups -OCH3 is 1. The maximum atomic E-state index is 10.8. The molecule has 13 heavy (non-hydrogen) atoms. The summed E-state index contributed by atoms with van der Waals surface area (Å²) in [7, 11) is 1.49. The molecule has 72 valence electrons. The van der Waals surface area contributed by atoms with Crippen LogP contribution < -0.4 is 4.74 Å². The molecule has 0 aliphatic rings. The second-order valence-corrected chi connectivity index (χ2v) is 4.48. The van der Waals surface area contributed by atoms with Crippen LogP contribution in [0, 0.1) is 6.92 Å². The van der Waals surface area contributed by atoms with Crippen LogP contribution in [0.1, 0.15) is 15.2 Å². The number of ether oxygens (including phenoxy) is 1. The van der Waals surface area contributed by atoms with Gasteiger partial charge in [0.2, 0.25) is 0 Å². The number of hydrogen-bond acceptors (Lipinski definition) is 4. The summed E-state index contributed by atoms with van der Waals surface area (Å²) >= 11 is 2.80. The number of thiophene rings is 1. The predicted octanol–water partition coefficient (Wildman–Crippen LogP) is 2.49. The van der Waals surface area contributed by atoms with E-state index < -0.39 is 5.97 Å². The molecule has 1 N–H and O–H groups in total. The molecule has 0 unspecified atom stereocenters. The molecular weight excluding hydrogens is 208 g/mol. The van der Waals surface area contributed by atoms with Crippen LogP contribution in [0.3, 0.4) is 0 Å². The van der Waals surface area contributed by atoms with E-state index in [1.165, 1.54) is 30.2 Å². The van der Waals surface area contributed by atoms with Gasteiger partial charge >= 0.3 is 5.97 Å². The molecule has 1 aromatic heterocycles. The quantitative estimate of drug-likeness (QED) is 0.792. The zero-order valence-electron chi connectivity index (χ0n) is 7.58. The SMILES string of the molecule is COc1c(C(=O)O)sc(SC)c1C. The van der Waals surface area contributed by atoms with Crippen molar-refractivity contribution >= 4 is 29.1 Å². The number of carboxylic acids is 1. The van der Waals surface area contributed by atoms with E-state index in [4.69, 9.17) is 9.84 Å². The van der Waals surface area contributed by atoms with Gasteiger partial charge in [-0.2, -0.15) is 0 Å². The summed E-state index contributed by atoms with van der Waals surface area (Å²) in [6.07, 6.45) is 1.92. The number of aromatic carboxylic acids is 1.